The minimum Gasteiger partial charge on any atom is -0.382 e. The van der Waals surface area contributed by atoms with Crippen molar-refractivity contribution in [2.45, 2.75) is 19.8 Å². The Balaban J connectivity index is 2.03. The summed E-state index contributed by atoms with van der Waals surface area (Å²) in [7, 11) is 0. The van der Waals surface area contributed by atoms with E-state index in [4.69, 9.17) is 5.73 Å². The molecule has 104 valence electrons. The summed E-state index contributed by atoms with van der Waals surface area (Å²) in [4.78, 5) is 6.37. The largest absolute Gasteiger partial charge is 0.382 e. The Morgan fingerprint density at radius 1 is 1.55 bits per heavy atom. The number of nitrogens with zero attached hydrogens (tertiary/aromatic N) is 5. The first kappa shape index (κ1) is 12.9. The van der Waals surface area contributed by atoms with E-state index >= 15 is 0 Å². The molecule has 1 saturated heterocycles. The molecule has 0 bridgehead atoms. The Hall–Kier alpha value is -2.07. The second-order valence-electron chi connectivity index (χ2n) is 5.12. The van der Waals surface area contributed by atoms with Crippen LogP contribution in [0.2, 0.25) is 0 Å². The first-order valence-corrected chi connectivity index (χ1v) is 7.52. The number of nitriles is 1. The minimum absolute atomic E-state index is 0.371. The number of hydrogen-bond donors (Lipinski definition) is 1. The lowest BCUT2D eigenvalue weighted by Gasteiger charge is -2.31. The number of aromatic nitrogens is 3. The van der Waals surface area contributed by atoms with E-state index in [1.165, 1.54) is 17.8 Å². The smallest absolute Gasteiger partial charge is 0.212 e. The standard InChI is InChI=1S/C13H16N6S/c1-9-3-2-5-18(8-9)12-10(7-14)11(15)19(17-12)13-16-4-6-20-13/h4,6,9H,2-3,5,8,15H2,1H3. The third-order valence-electron chi connectivity index (χ3n) is 3.57. The molecular formula is C13H16N6S. The molecule has 1 atom stereocenters. The average molecular weight is 288 g/mol. The summed E-state index contributed by atoms with van der Waals surface area (Å²) in [5, 5.41) is 16.5. The molecule has 0 aromatic carbocycles. The summed E-state index contributed by atoms with van der Waals surface area (Å²) >= 11 is 1.45. The van der Waals surface area contributed by atoms with Crippen LogP contribution < -0.4 is 10.6 Å². The number of nitrogens with two attached hydrogens (primary N) is 1. The van der Waals surface area contributed by atoms with Crippen LogP contribution in [0, 0.1) is 17.2 Å². The Bertz CT molecular complexity index is 639. The summed E-state index contributed by atoms with van der Waals surface area (Å²) in [5.74, 6) is 1.67. The summed E-state index contributed by atoms with van der Waals surface area (Å²) in [6, 6.07) is 2.19. The van der Waals surface area contributed by atoms with Gasteiger partial charge in [-0.25, -0.2) is 4.98 Å². The SMILES string of the molecule is CC1CCCN(c2nn(-c3nccs3)c(N)c2C#N)C1. The van der Waals surface area contributed by atoms with E-state index in [1.807, 2.05) is 5.38 Å². The Kier molecular flexibility index (Phi) is 3.32. The van der Waals surface area contributed by atoms with E-state index in [1.54, 1.807) is 10.9 Å². The van der Waals surface area contributed by atoms with Gasteiger partial charge in [0, 0.05) is 24.7 Å². The van der Waals surface area contributed by atoms with Crippen molar-refractivity contribution in [3.05, 3.63) is 17.1 Å². The molecule has 7 heteroatoms. The van der Waals surface area contributed by atoms with Gasteiger partial charge in [0.15, 0.2) is 5.82 Å². The van der Waals surface area contributed by atoms with Crippen LogP contribution in [-0.4, -0.2) is 27.9 Å². The van der Waals surface area contributed by atoms with Gasteiger partial charge in [-0.3, -0.25) is 0 Å². The summed E-state index contributed by atoms with van der Waals surface area (Å²) < 4.78 is 1.57. The van der Waals surface area contributed by atoms with Crippen molar-refractivity contribution in [2.24, 2.45) is 5.92 Å². The van der Waals surface area contributed by atoms with Crippen LogP contribution in [0.15, 0.2) is 11.6 Å². The zero-order valence-electron chi connectivity index (χ0n) is 11.3. The Morgan fingerprint density at radius 2 is 2.40 bits per heavy atom. The minimum atomic E-state index is 0.371. The molecule has 2 N–H and O–H groups in total. The molecule has 0 spiro atoms. The third-order valence-corrected chi connectivity index (χ3v) is 4.32. The van der Waals surface area contributed by atoms with E-state index in [-0.39, 0.29) is 0 Å². The van der Waals surface area contributed by atoms with Gasteiger partial charge < -0.3 is 10.6 Å². The monoisotopic (exact) mass is 288 g/mol. The number of piperidine rings is 1. The maximum Gasteiger partial charge on any atom is 0.212 e. The van der Waals surface area contributed by atoms with Gasteiger partial charge in [0.1, 0.15) is 17.5 Å². The van der Waals surface area contributed by atoms with Crippen molar-refractivity contribution in [2.75, 3.05) is 23.7 Å². The van der Waals surface area contributed by atoms with E-state index < -0.39 is 0 Å². The van der Waals surface area contributed by atoms with E-state index in [0.717, 1.165) is 19.5 Å². The van der Waals surface area contributed by atoms with Gasteiger partial charge >= 0.3 is 0 Å². The molecule has 0 aliphatic carbocycles. The summed E-state index contributed by atoms with van der Waals surface area (Å²) in [6.45, 7) is 4.07. The molecule has 0 amide bonds. The van der Waals surface area contributed by atoms with Crippen molar-refractivity contribution in [1.82, 2.24) is 14.8 Å². The van der Waals surface area contributed by atoms with Crippen LogP contribution in [0.25, 0.3) is 5.13 Å². The Morgan fingerprint density at radius 3 is 3.05 bits per heavy atom. The van der Waals surface area contributed by atoms with Crippen molar-refractivity contribution in [3.63, 3.8) is 0 Å². The van der Waals surface area contributed by atoms with Crippen LogP contribution in [0.5, 0.6) is 0 Å². The third kappa shape index (κ3) is 2.12. The molecule has 6 nitrogen and oxygen atoms in total. The van der Waals surface area contributed by atoms with Crippen LogP contribution in [0.4, 0.5) is 11.6 Å². The molecular weight excluding hydrogens is 272 g/mol. The van der Waals surface area contributed by atoms with Crippen molar-refractivity contribution in [1.29, 1.82) is 5.26 Å². The first-order valence-electron chi connectivity index (χ1n) is 6.64. The first-order chi connectivity index (χ1) is 9.70. The number of nitrogen functional groups attached to an aromatic ring is 1. The average Bonchev–Trinajstić information content (AvgIpc) is 3.06. The molecule has 1 fully saturated rings. The van der Waals surface area contributed by atoms with Gasteiger partial charge in [-0.05, 0) is 18.8 Å². The topological polar surface area (TPSA) is 83.8 Å². The normalized spacial score (nSPS) is 19.0. The highest BCUT2D eigenvalue weighted by molar-refractivity contribution is 7.12. The second-order valence-corrected chi connectivity index (χ2v) is 5.99. The number of anilines is 2. The maximum atomic E-state index is 9.38. The Labute approximate surface area is 121 Å². The predicted octanol–water partition coefficient (Wildman–Crippen LogP) is 2.02. The molecule has 3 heterocycles. The lowest BCUT2D eigenvalue weighted by molar-refractivity contribution is 0.444. The zero-order valence-corrected chi connectivity index (χ0v) is 12.1. The highest BCUT2D eigenvalue weighted by Crippen LogP contribution is 2.30. The highest BCUT2D eigenvalue weighted by Gasteiger charge is 2.25. The van der Waals surface area contributed by atoms with Crippen LogP contribution in [0.3, 0.4) is 0 Å². The van der Waals surface area contributed by atoms with E-state index in [9.17, 15) is 5.26 Å². The van der Waals surface area contributed by atoms with Crippen LogP contribution in [0.1, 0.15) is 25.3 Å². The molecule has 2 aromatic rings. The molecule has 20 heavy (non-hydrogen) atoms. The molecule has 2 aromatic heterocycles. The van der Waals surface area contributed by atoms with Crippen LogP contribution >= 0.6 is 11.3 Å². The fourth-order valence-corrected chi connectivity index (χ4v) is 3.20. The zero-order chi connectivity index (χ0) is 14.1. The van der Waals surface area contributed by atoms with Gasteiger partial charge in [0.2, 0.25) is 5.13 Å². The van der Waals surface area contributed by atoms with Crippen molar-refractivity contribution < 1.29 is 0 Å². The quantitative estimate of drug-likeness (QED) is 0.914. The van der Waals surface area contributed by atoms with Gasteiger partial charge in [-0.1, -0.05) is 6.92 Å². The molecule has 1 aliphatic heterocycles. The maximum absolute atomic E-state index is 9.38. The number of thiazole rings is 1. The second kappa shape index (κ2) is 5.13. The molecule has 0 radical (unpaired) electrons. The van der Waals surface area contributed by atoms with Crippen LogP contribution in [-0.2, 0) is 0 Å². The fraction of sp³-hybridized carbons (Fsp3) is 0.462. The fourth-order valence-electron chi connectivity index (χ4n) is 2.60. The predicted molar refractivity (Wildman–Crippen MR) is 79.0 cm³/mol. The van der Waals surface area contributed by atoms with E-state index in [0.29, 0.717) is 28.2 Å². The number of hydrogen-bond acceptors (Lipinski definition) is 6. The lowest BCUT2D eigenvalue weighted by atomic mass is 10.0. The van der Waals surface area contributed by atoms with Gasteiger partial charge in [-0.15, -0.1) is 16.4 Å². The van der Waals surface area contributed by atoms with Gasteiger partial charge in [0.05, 0.1) is 0 Å². The molecule has 1 aliphatic rings. The number of rotatable bonds is 2. The molecule has 0 saturated carbocycles. The van der Waals surface area contributed by atoms with E-state index in [2.05, 4.69) is 28.0 Å². The van der Waals surface area contributed by atoms with Gasteiger partial charge in [-0.2, -0.15) is 9.94 Å². The summed E-state index contributed by atoms with van der Waals surface area (Å²) in [6.07, 6.45) is 4.05. The van der Waals surface area contributed by atoms with Gasteiger partial charge in [0.25, 0.3) is 0 Å². The highest BCUT2D eigenvalue weighted by atomic mass is 32.1. The summed E-state index contributed by atoms with van der Waals surface area (Å²) in [5.41, 5.74) is 6.52. The molecule has 1 unspecified atom stereocenters. The lowest BCUT2D eigenvalue weighted by Crippen LogP contribution is -2.35. The van der Waals surface area contributed by atoms with Crippen molar-refractivity contribution in [3.8, 4) is 11.2 Å². The van der Waals surface area contributed by atoms with Crippen molar-refractivity contribution >= 4 is 23.0 Å². The molecule has 3 rings (SSSR count).